The Morgan fingerprint density at radius 3 is 2.55 bits per heavy atom. The van der Waals surface area contributed by atoms with E-state index in [1.807, 2.05) is 42.5 Å². The SMILES string of the molecule is CS(=O)(=O)c1ccc(F)c(NC(=O)c2ccc(COc3ccc4ccccc4c3)o2)c1. The molecular weight excluding hydrogens is 421 g/mol. The van der Waals surface area contributed by atoms with E-state index in [0.29, 0.717) is 11.5 Å². The smallest absolute Gasteiger partial charge is 0.291 e. The third-order valence-electron chi connectivity index (χ3n) is 4.60. The molecule has 0 aliphatic heterocycles. The van der Waals surface area contributed by atoms with Crippen molar-refractivity contribution in [2.45, 2.75) is 11.5 Å². The van der Waals surface area contributed by atoms with E-state index in [4.69, 9.17) is 9.15 Å². The number of benzene rings is 3. The van der Waals surface area contributed by atoms with E-state index in [2.05, 4.69) is 5.32 Å². The van der Waals surface area contributed by atoms with Crippen molar-refractivity contribution >= 4 is 32.2 Å². The highest BCUT2D eigenvalue weighted by molar-refractivity contribution is 7.90. The number of fused-ring (bicyclic) bond motifs is 1. The quantitative estimate of drug-likeness (QED) is 0.436. The van der Waals surface area contributed by atoms with Gasteiger partial charge in [-0.3, -0.25) is 4.79 Å². The van der Waals surface area contributed by atoms with Gasteiger partial charge in [0.15, 0.2) is 15.6 Å². The topological polar surface area (TPSA) is 85.6 Å². The predicted octanol–water partition coefficient (Wildman–Crippen LogP) is 4.81. The molecular formula is C23H18FNO5S. The van der Waals surface area contributed by atoms with Gasteiger partial charge in [-0.2, -0.15) is 0 Å². The number of carbonyl (C=O) groups excluding carboxylic acids is 1. The van der Waals surface area contributed by atoms with Crippen molar-refractivity contribution in [2.75, 3.05) is 11.6 Å². The predicted molar refractivity (Wildman–Crippen MR) is 114 cm³/mol. The summed E-state index contributed by atoms with van der Waals surface area (Å²) in [5.41, 5.74) is -0.252. The third kappa shape index (κ3) is 4.75. The van der Waals surface area contributed by atoms with Gasteiger partial charge >= 0.3 is 0 Å². The molecule has 0 saturated carbocycles. The fraction of sp³-hybridized carbons (Fsp3) is 0.0870. The number of hydrogen-bond acceptors (Lipinski definition) is 5. The zero-order chi connectivity index (χ0) is 22.0. The second-order valence-electron chi connectivity index (χ2n) is 6.93. The number of furan rings is 1. The maximum absolute atomic E-state index is 14.0. The summed E-state index contributed by atoms with van der Waals surface area (Å²) in [7, 11) is -3.54. The van der Waals surface area contributed by atoms with Crippen LogP contribution in [0.5, 0.6) is 5.75 Å². The normalized spacial score (nSPS) is 11.4. The van der Waals surface area contributed by atoms with E-state index in [9.17, 15) is 17.6 Å². The van der Waals surface area contributed by atoms with Crippen LogP contribution >= 0.6 is 0 Å². The standard InChI is InChI=1S/C23H18FNO5S/c1-31(27,28)19-9-10-20(24)21(13-19)25-23(26)22-11-8-18(30-22)14-29-17-7-6-15-4-2-3-5-16(15)12-17/h2-13H,14H2,1H3,(H,25,26). The average Bonchev–Trinajstić information content (AvgIpc) is 3.22. The fourth-order valence-corrected chi connectivity index (χ4v) is 3.65. The lowest BCUT2D eigenvalue weighted by Crippen LogP contribution is -2.13. The number of ether oxygens (including phenoxy) is 1. The minimum atomic E-state index is -3.54. The molecule has 4 rings (SSSR count). The number of nitrogens with one attached hydrogen (secondary N) is 1. The third-order valence-corrected chi connectivity index (χ3v) is 5.71. The Morgan fingerprint density at radius 1 is 1.00 bits per heavy atom. The number of rotatable bonds is 6. The molecule has 0 unspecified atom stereocenters. The molecule has 31 heavy (non-hydrogen) atoms. The first-order valence-corrected chi connectivity index (χ1v) is 11.2. The Kier molecular flexibility index (Phi) is 5.48. The molecule has 0 spiro atoms. The van der Waals surface area contributed by atoms with Crippen molar-refractivity contribution in [3.63, 3.8) is 0 Å². The van der Waals surface area contributed by atoms with E-state index in [1.165, 1.54) is 6.07 Å². The second-order valence-corrected chi connectivity index (χ2v) is 8.95. The molecule has 1 aromatic heterocycles. The molecule has 0 aliphatic carbocycles. The number of sulfone groups is 1. The molecule has 0 fully saturated rings. The van der Waals surface area contributed by atoms with Crippen molar-refractivity contribution in [2.24, 2.45) is 0 Å². The van der Waals surface area contributed by atoms with Gasteiger partial charge in [-0.15, -0.1) is 0 Å². The van der Waals surface area contributed by atoms with Crippen LogP contribution < -0.4 is 10.1 Å². The summed E-state index contributed by atoms with van der Waals surface area (Å²) in [6.45, 7) is 0.101. The van der Waals surface area contributed by atoms with Gasteiger partial charge < -0.3 is 14.5 Å². The van der Waals surface area contributed by atoms with Crippen LogP contribution in [0.1, 0.15) is 16.3 Å². The minimum absolute atomic E-state index is 0.0544. The zero-order valence-electron chi connectivity index (χ0n) is 16.5. The maximum Gasteiger partial charge on any atom is 0.291 e. The summed E-state index contributed by atoms with van der Waals surface area (Å²) in [5, 5.41) is 4.47. The van der Waals surface area contributed by atoms with E-state index >= 15 is 0 Å². The Bertz CT molecular complexity index is 1380. The van der Waals surface area contributed by atoms with Crippen LogP contribution in [0.25, 0.3) is 10.8 Å². The summed E-state index contributed by atoms with van der Waals surface area (Å²) >= 11 is 0. The van der Waals surface area contributed by atoms with Crippen LogP contribution in [-0.4, -0.2) is 20.6 Å². The summed E-state index contributed by atoms with van der Waals surface area (Å²) in [6.07, 6.45) is 1.00. The molecule has 4 aromatic rings. The molecule has 0 aliphatic rings. The first-order valence-electron chi connectivity index (χ1n) is 9.31. The minimum Gasteiger partial charge on any atom is -0.486 e. The van der Waals surface area contributed by atoms with Gasteiger partial charge in [0, 0.05) is 6.26 Å². The first kappa shape index (κ1) is 20.6. The Labute approximate surface area is 178 Å². The second kappa shape index (κ2) is 8.23. The Hall–Kier alpha value is -3.65. The van der Waals surface area contributed by atoms with E-state index < -0.39 is 21.6 Å². The van der Waals surface area contributed by atoms with Gasteiger partial charge in [-0.1, -0.05) is 30.3 Å². The molecule has 3 aromatic carbocycles. The lowest BCUT2D eigenvalue weighted by Gasteiger charge is -2.07. The van der Waals surface area contributed by atoms with Crippen LogP contribution in [-0.2, 0) is 16.4 Å². The molecule has 0 bridgehead atoms. The highest BCUT2D eigenvalue weighted by Crippen LogP contribution is 2.23. The molecule has 1 heterocycles. The van der Waals surface area contributed by atoms with E-state index in [-0.39, 0.29) is 22.9 Å². The van der Waals surface area contributed by atoms with Crippen molar-refractivity contribution in [3.8, 4) is 5.75 Å². The van der Waals surface area contributed by atoms with Gasteiger partial charge in [-0.25, -0.2) is 12.8 Å². The van der Waals surface area contributed by atoms with Crippen molar-refractivity contribution in [1.29, 1.82) is 0 Å². The Balaban J connectivity index is 1.44. The van der Waals surface area contributed by atoms with Crippen LogP contribution in [0.15, 0.2) is 82.1 Å². The Morgan fingerprint density at radius 2 is 1.77 bits per heavy atom. The molecule has 0 saturated heterocycles. The highest BCUT2D eigenvalue weighted by atomic mass is 32.2. The first-order chi connectivity index (χ1) is 14.8. The van der Waals surface area contributed by atoms with Crippen LogP contribution in [0.2, 0.25) is 0 Å². The zero-order valence-corrected chi connectivity index (χ0v) is 17.3. The number of amides is 1. The summed E-state index contributed by atoms with van der Waals surface area (Å²) in [5.74, 6) is -0.459. The highest BCUT2D eigenvalue weighted by Gasteiger charge is 2.16. The summed E-state index contributed by atoms with van der Waals surface area (Å²) < 4.78 is 48.5. The number of carbonyl (C=O) groups is 1. The summed E-state index contributed by atoms with van der Waals surface area (Å²) in [4.78, 5) is 12.3. The number of hydrogen-bond donors (Lipinski definition) is 1. The molecule has 0 atom stereocenters. The van der Waals surface area contributed by atoms with Gasteiger partial charge in [0.1, 0.15) is 23.9 Å². The monoisotopic (exact) mass is 439 g/mol. The lowest BCUT2D eigenvalue weighted by atomic mass is 10.1. The van der Waals surface area contributed by atoms with Gasteiger partial charge in [0.25, 0.3) is 5.91 Å². The average molecular weight is 439 g/mol. The summed E-state index contributed by atoms with van der Waals surface area (Å²) in [6, 6.07) is 19.8. The van der Waals surface area contributed by atoms with Crippen molar-refractivity contribution in [3.05, 3.63) is 90.1 Å². The molecule has 8 heteroatoms. The van der Waals surface area contributed by atoms with Gasteiger partial charge in [0.2, 0.25) is 0 Å². The lowest BCUT2D eigenvalue weighted by molar-refractivity contribution is 0.0992. The number of halogens is 1. The van der Waals surface area contributed by atoms with Crippen LogP contribution in [0.4, 0.5) is 10.1 Å². The van der Waals surface area contributed by atoms with E-state index in [0.717, 1.165) is 35.2 Å². The van der Waals surface area contributed by atoms with E-state index in [1.54, 1.807) is 6.07 Å². The van der Waals surface area contributed by atoms with Crippen molar-refractivity contribution < 1.29 is 26.8 Å². The molecule has 1 N–H and O–H groups in total. The molecule has 0 radical (unpaired) electrons. The van der Waals surface area contributed by atoms with Gasteiger partial charge in [0.05, 0.1) is 10.6 Å². The molecule has 1 amide bonds. The largest absolute Gasteiger partial charge is 0.486 e. The molecule has 6 nitrogen and oxygen atoms in total. The van der Waals surface area contributed by atoms with Crippen LogP contribution in [0.3, 0.4) is 0 Å². The fourth-order valence-electron chi connectivity index (χ4n) is 3.00. The van der Waals surface area contributed by atoms with Crippen molar-refractivity contribution in [1.82, 2.24) is 0 Å². The molecule has 158 valence electrons. The van der Waals surface area contributed by atoms with Gasteiger partial charge in [-0.05, 0) is 53.2 Å². The maximum atomic E-state index is 14.0. The van der Waals surface area contributed by atoms with Crippen LogP contribution in [0, 0.1) is 5.82 Å². The number of anilines is 1.